The summed E-state index contributed by atoms with van der Waals surface area (Å²) in [6.45, 7) is 0. The number of hydrogen-bond acceptors (Lipinski definition) is 7. The molecule has 0 aromatic heterocycles. The van der Waals surface area contributed by atoms with Gasteiger partial charge in [-0.2, -0.15) is 0 Å². The van der Waals surface area contributed by atoms with Gasteiger partial charge in [-0.25, -0.2) is 9.59 Å². The van der Waals surface area contributed by atoms with E-state index in [0.29, 0.717) is 0 Å². The number of cyclic esters (lactones) is 4. The Balaban J connectivity index is 0.000000163. The summed E-state index contributed by atoms with van der Waals surface area (Å²) in [5.41, 5.74) is 0.0856. The molecule has 98 valence electrons. The van der Waals surface area contributed by atoms with Crippen molar-refractivity contribution in [2.24, 2.45) is 0 Å². The SMILES string of the molecule is O=C1CCC(=O)O1.O=C1OC(=O)c2c(O)cccc21. The molecular weight excluding hydrogens is 256 g/mol. The Morgan fingerprint density at radius 2 is 1.53 bits per heavy atom. The molecule has 0 saturated carbocycles. The molecule has 7 nitrogen and oxygen atoms in total. The second-order valence-corrected chi connectivity index (χ2v) is 3.72. The summed E-state index contributed by atoms with van der Waals surface area (Å²) >= 11 is 0. The van der Waals surface area contributed by atoms with Gasteiger partial charge in [-0.05, 0) is 12.1 Å². The Bertz CT molecular complexity index is 574. The van der Waals surface area contributed by atoms with Crippen LogP contribution in [0.1, 0.15) is 33.6 Å². The number of benzene rings is 1. The smallest absolute Gasteiger partial charge is 0.350 e. The molecule has 0 bridgehead atoms. The second kappa shape index (κ2) is 4.89. The number of rotatable bonds is 0. The lowest BCUT2D eigenvalue weighted by molar-refractivity contribution is -0.151. The van der Waals surface area contributed by atoms with Crippen LogP contribution in [-0.2, 0) is 19.1 Å². The summed E-state index contributed by atoms with van der Waals surface area (Å²) in [5, 5.41) is 9.17. The van der Waals surface area contributed by atoms with Crippen molar-refractivity contribution in [3.63, 3.8) is 0 Å². The van der Waals surface area contributed by atoms with Crippen LogP contribution >= 0.6 is 0 Å². The first-order chi connectivity index (χ1) is 8.99. The largest absolute Gasteiger partial charge is 0.507 e. The van der Waals surface area contributed by atoms with Crippen molar-refractivity contribution < 1.29 is 33.8 Å². The van der Waals surface area contributed by atoms with Crippen LogP contribution in [0.2, 0.25) is 0 Å². The number of phenols is 1. The van der Waals surface area contributed by atoms with Gasteiger partial charge in [0.25, 0.3) is 0 Å². The first-order valence-electron chi connectivity index (χ1n) is 5.31. The zero-order chi connectivity index (χ0) is 14.0. The molecule has 0 atom stereocenters. The third kappa shape index (κ3) is 2.59. The monoisotopic (exact) mass is 264 g/mol. The molecule has 7 heteroatoms. The lowest BCUT2D eigenvalue weighted by atomic mass is 10.1. The van der Waals surface area contributed by atoms with Gasteiger partial charge in [-0.3, -0.25) is 9.59 Å². The normalized spacial score (nSPS) is 16.4. The van der Waals surface area contributed by atoms with Gasteiger partial charge in [0.05, 0.1) is 18.4 Å². The van der Waals surface area contributed by atoms with E-state index >= 15 is 0 Å². The van der Waals surface area contributed by atoms with Gasteiger partial charge < -0.3 is 14.6 Å². The molecule has 1 aromatic carbocycles. The number of esters is 4. The van der Waals surface area contributed by atoms with Gasteiger partial charge in [0.1, 0.15) is 11.3 Å². The topological polar surface area (TPSA) is 107 Å². The number of fused-ring (bicyclic) bond motifs is 1. The standard InChI is InChI=1S/C8H4O4.C4H4O3/c9-5-3-1-2-4-6(5)8(11)12-7(4)10;5-3-1-2-4(6)7-3/h1-3,9H;1-2H2. The minimum Gasteiger partial charge on any atom is -0.507 e. The molecule has 1 aromatic rings. The van der Waals surface area contributed by atoms with Crippen molar-refractivity contribution in [2.75, 3.05) is 0 Å². The summed E-state index contributed by atoms with van der Waals surface area (Å²) in [6, 6.07) is 4.25. The molecule has 2 aliphatic heterocycles. The van der Waals surface area contributed by atoms with Gasteiger partial charge >= 0.3 is 23.9 Å². The van der Waals surface area contributed by atoms with Gasteiger partial charge in [-0.15, -0.1) is 0 Å². The van der Waals surface area contributed by atoms with E-state index < -0.39 is 23.9 Å². The minimum atomic E-state index is -0.784. The molecule has 0 radical (unpaired) electrons. The molecule has 0 spiro atoms. The fourth-order valence-corrected chi connectivity index (χ4v) is 1.55. The lowest BCUT2D eigenvalue weighted by Gasteiger charge is -1.93. The molecule has 0 unspecified atom stereocenters. The molecular formula is C12H8O7. The average Bonchev–Trinajstić information content (AvgIpc) is 2.85. The fraction of sp³-hybridized carbons (Fsp3) is 0.167. The summed E-state index contributed by atoms with van der Waals surface area (Å²) in [6.07, 6.45) is 0.525. The van der Waals surface area contributed by atoms with Crippen LogP contribution in [-0.4, -0.2) is 29.0 Å². The van der Waals surface area contributed by atoms with Crippen LogP contribution in [0, 0.1) is 0 Å². The van der Waals surface area contributed by atoms with E-state index in [-0.39, 0.29) is 29.7 Å². The summed E-state index contributed by atoms with van der Waals surface area (Å²) in [5.74, 6) is -2.50. The Kier molecular flexibility index (Phi) is 3.28. The Hall–Kier alpha value is -2.70. The average molecular weight is 264 g/mol. The zero-order valence-electron chi connectivity index (χ0n) is 9.54. The van der Waals surface area contributed by atoms with Crippen molar-refractivity contribution in [2.45, 2.75) is 12.8 Å². The highest BCUT2D eigenvalue weighted by Gasteiger charge is 2.31. The Labute approximate surface area is 106 Å². The molecule has 2 aliphatic rings. The van der Waals surface area contributed by atoms with Crippen molar-refractivity contribution in [3.8, 4) is 5.75 Å². The summed E-state index contributed by atoms with van der Waals surface area (Å²) < 4.78 is 8.36. The molecule has 1 saturated heterocycles. The van der Waals surface area contributed by atoms with Crippen LogP contribution in [0.3, 0.4) is 0 Å². The molecule has 0 aliphatic carbocycles. The lowest BCUT2D eigenvalue weighted by Crippen LogP contribution is -1.97. The highest BCUT2D eigenvalue weighted by Crippen LogP contribution is 2.27. The van der Waals surface area contributed by atoms with Crippen molar-refractivity contribution >= 4 is 23.9 Å². The predicted molar refractivity (Wildman–Crippen MR) is 58.2 cm³/mol. The zero-order valence-corrected chi connectivity index (χ0v) is 9.54. The first-order valence-corrected chi connectivity index (χ1v) is 5.31. The van der Waals surface area contributed by atoms with Crippen molar-refractivity contribution in [1.82, 2.24) is 0 Å². The summed E-state index contributed by atoms with van der Waals surface area (Å²) in [4.78, 5) is 41.8. The minimum absolute atomic E-state index is 0.0394. The number of carbonyl (C=O) groups excluding carboxylic acids is 4. The van der Waals surface area contributed by atoms with E-state index in [1.807, 2.05) is 0 Å². The molecule has 0 amide bonds. The third-order valence-corrected chi connectivity index (χ3v) is 2.41. The quantitative estimate of drug-likeness (QED) is 0.538. The predicted octanol–water partition coefficient (Wildman–Crippen LogP) is 0.553. The van der Waals surface area contributed by atoms with Gasteiger partial charge in [0.15, 0.2) is 0 Å². The molecule has 19 heavy (non-hydrogen) atoms. The molecule has 1 fully saturated rings. The number of carbonyl (C=O) groups is 4. The number of aromatic hydroxyl groups is 1. The maximum Gasteiger partial charge on any atom is 0.350 e. The Morgan fingerprint density at radius 1 is 0.895 bits per heavy atom. The van der Waals surface area contributed by atoms with Crippen LogP contribution in [0.25, 0.3) is 0 Å². The maximum atomic E-state index is 10.9. The van der Waals surface area contributed by atoms with E-state index in [1.54, 1.807) is 0 Å². The van der Waals surface area contributed by atoms with Crippen LogP contribution in [0.4, 0.5) is 0 Å². The highest BCUT2D eigenvalue weighted by atomic mass is 16.6. The van der Waals surface area contributed by atoms with E-state index in [2.05, 4.69) is 9.47 Å². The summed E-state index contributed by atoms with van der Waals surface area (Å²) in [7, 11) is 0. The van der Waals surface area contributed by atoms with Crippen LogP contribution in [0.15, 0.2) is 18.2 Å². The molecule has 3 rings (SSSR count). The highest BCUT2D eigenvalue weighted by molar-refractivity contribution is 6.16. The van der Waals surface area contributed by atoms with Crippen molar-refractivity contribution in [3.05, 3.63) is 29.3 Å². The molecule has 2 heterocycles. The first kappa shape index (κ1) is 12.7. The maximum absolute atomic E-state index is 10.9. The molecule has 1 N–H and O–H groups in total. The van der Waals surface area contributed by atoms with E-state index in [1.165, 1.54) is 18.2 Å². The second-order valence-electron chi connectivity index (χ2n) is 3.72. The number of hydrogen-bond donors (Lipinski definition) is 1. The van der Waals surface area contributed by atoms with E-state index in [4.69, 9.17) is 5.11 Å². The van der Waals surface area contributed by atoms with Crippen molar-refractivity contribution in [1.29, 1.82) is 0 Å². The fourth-order valence-electron chi connectivity index (χ4n) is 1.55. The third-order valence-electron chi connectivity index (χ3n) is 2.41. The van der Waals surface area contributed by atoms with Gasteiger partial charge in [0, 0.05) is 0 Å². The van der Waals surface area contributed by atoms with Crippen LogP contribution < -0.4 is 0 Å². The Morgan fingerprint density at radius 3 is 2.00 bits per heavy atom. The van der Waals surface area contributed by atoms with Gasteiger partial charge in [-0.1, -0.05) is 6.07 Å². The van der Waals surface area contributed by atoms with E-state index in [9.17, 15) is 19.2 Å². The van der Waals surface area contributed by atoms with Crippen LogP contribution in [0.5, 0.6) is 5.75 Å². The number of ether oxygens (including phenoxy) is 2. The van der Waals surface area contributed by atoms with E-state index in [0.717, 1.165) is 0 Å². The van der Waals surface area contributed by atoms with Gasteiger partial charge in [0.2, 0.25) is 0 Å². The number of phenolic OH excluding ortho intramolecular Hbond substituents is 1.